The predicted molar refractivity (Wildman–Crippen MR) is 76.9 cm³/mol. The van der Waals surface area contributed by atoms with Crippen LogP contribution in [-0.2, 0) is 0 Å². The maximum Gasteiger partial charge on any atom is -0.00581 e. The van der Waals surface area contributed by atoms with Crippen LogP contribution in [0.5, 0.6) is 0 Å². The van der Waals surface area contributed by atoms with E-state index < -0.39 is 0 Å². The van der Waals surface area contributed by atoms with Gasteiger partial charge in [-0.3, -0.25) is 0 Å². The van der Waals surface area contributed by atoms with Gasteiger partial charge in [-0.25, -0.2) is 0 Å². The molecule has 1 heterocycles. The Labute approximate surface area is 76.6 Å². The molecule has 1 aliphatic heterocycles. The lowest BCUT2D eigenvalue weighted by Gasteiger charge is -2.28. The van der Waals surface area contributed by atoms with Crippen LogP contribution in [0.1, 0.15) is 0 Å². The summed E-state index contributed by atoms with van der Waals surface area (Å²) in [6, 6.07) is 0. The molecule has 1 rings (SSSR count). The van der Waals surface area contributed by atoms with E-state index in [0.29, 0.717) is 7.35 Å². The molecule has 0 aromatic carbocycles. The maximum absolute atomic E-state index is 1.83. The third-order valence-electron chi connectivity index (χ3n) is 2.63. The minimum atomic E-state index is 0.104. The first-order valence-electron chi connectivity index (χ1n) is 4.10. The van der Waals surface area contributed by atoms with E-state index in [9.17, 15) is 0 Å². The Kier molecular flexibility index (Phi) is 3.58. The van der Waals surface area contributed by atoms with Crippen LogP contribution in [0.3, 0.4) is 0 Å². The molecule has 0 spiro atoms. The van der Waals surface area contributed by atoms with Gasteiger partial charge in [-0.05, 0) is 77.0 Å². The third kappa shape index (κ3) is 3.23. The second-order valence-corrected chi connectivity index (χ2v) is 117. The van der Waals surface area contributed by atoms with Crippen LogP contribution in [-0.4, -0.2) is 77.0 Å². The van der Waals surface area contributed by atoms with Crippen LogP contribution in [0.2, 0.25) is 0 Å². The van der Waals surface area contributed by atoms with Crippen molar-refractivity contribution in [2.45, 2.75) is 0 Å². The van der Waals surface area contributed by atoms with Crippen LogP contribution in [0.4, 0.5) is 0 Å². The molecule has 9 heavy (non-hydrogen) atoms. The van der Waals surface area contributed by atoms with Crippen molar-refractivity contribution in [2.24, 2.45) is 0 Å². The van der Waals surface area contributed by atoms with Crippen LogP contribution in [0.15, 0.2) is 0 Å². The van der Waals surface area contributed by atoms with Crippen molar-refractivity contribution >= 4 is 77.0 Å². The van der Waals surface area contributed by atoms with E-state index in [0.717, 1.165) is 34.2 Å². The monoisotopic (exact) mass is 270 g/mol. The summed E-state index contributed by atoms with van der Waals surface area (Å²) in [5, 5.41) is 0. The van der Waals surface area contributed by atoms with Crippen LogP contribution < -0.4 is 0 Å². The van der Waals surface area contributed by atoms with Gasteiger partial charge in [0.2, 0.25) is 0 Å². The molecule has 0 nitrogen and oxygen atoms in total. The molecule has 1 aliphatic rings. The van der Waals surface area contributed by atoms with Crippen LogP contribution in [0.25, 0.3) is 0 Å². The van der Waals surface area contributed by atoms with Crippen molar-refractivity contribution in [3.05, 3.63) is 0 Å². The zero-order valence-electron chi connectivity index (χ0n) is 6.91. The Morgan fingerprint density at radius 2 is 1.56 bits per heavy atom. The van der Waals surface area contributed by atoms with Gasteiger partial charge in [-0.2, -0.15) is 0 Å². The lowest BCUT2D eigenvalue weighted by molar-refractivity contribution is 3.48. The van der Waals surface area contributed by atoms with E-state index in [-0.39, 0.29) is 6.14 Å². The highest BCUT2D eigenvalue weighted by atomic mass is 30.4. The molecule has 0 N–H and O–H groups in total. The van der Waals surface area contributed by atoms with Gasteiger partial charge in [0.15, 0.2) is 0 Å². The van der Waals surface area contributed by atoms with E-state index >= 15 is 0 Å². The fraction of sp³-hybridized carbons (Fsp3) is 0. The molecule has 9 heteroatoms. The summed E-state index contributed by atoms with van der Waals surface area (Å²) in [6.07, 6.45) is 0.104. The summed E-state index contributed by atoms with van der Waals surface area (Å²) < 4.78 is 0. The standard InChI is InChI=1S/H18Si9/c1-8-4-6-9(2,3)7-5-8/h8H,4-7H2,1-3H3. The Morgan fingerprint density at radius 3 is 1.89 bits per heavy atom. The summed E-state index contributed by atoms with van der Waals surface area (Å²) in [5.74, 6) is 0. The zero-order chi connectivity index (χ0) is 6.91. The topological polar surface area (TPSA) is 0 Å². The average molecular weight is 271 g/mol. The minimum absolute atomic E-state index is 0.104. The molecule has 0 radical (unpaired) electrons. The summed E-state index contributed by atoms with van der Waals surface area (Å²) in [4.78, 5) is 0. The van der Waals surface area contributed by atoms with Crippen LogP contribution in [0, 0.1) is 0 Å². The maximum atomic E-state index is 1.83. The van der Waals surface area contributed by atoms with E-state index in [1.807, 2.05) is 29.3 Å². The number of rotatable bonds is 0. The highest BCUT2D eigenvalue weighted by Gasteiger charge is 2.27. The predicted octanol–water partition coefficient (Wildman–Crippen LogP) is -8.25. The normalized spacial score (nSPS) is 56.7. The number of hydrogen-bond acceptors (Lipinski definition) is 0. The fourth-order valence-corrected chi connectivity index (χ4v) is 375. The smallest absolute Gasteiger partial charge is 0.00581 e. The lowest BCUT2D eigenvalue weighted by Crippen LogP contribution is -2.65. The Bertz CT molecular complexity index is 82.2. The van der Waals surface area contributed by atoms with E-state index in [2.05, 4.69) is 0 Å². The van der Waals surface area contributed by atoms with Gasteiger partial charge in [0.1, 0.15) is 0 Å². The summed E-state index contributed by atoms with van der Waals surface area (Å²) in [5.41, 5.74) is 0. The van der Waals surface area contributed by atoms with Gasteiger partial charge in [0.05, 0.1) is 0 Å². The Balaban J connectivity index is 2.35. The molecule has 0 amide bonds. The van der Waals surface area contributed by atoms with Gasteiger partial charge in [-0.15, -0.1) is 0 Å². The molecule has 0 unspecified atom stereocenters. The van der Waals surface area contributed by atoms with E-state index in [1.54, 1.807) is 0 Å². The molecule has 0 bridgehead atoms. The van der Waals surface area contributed by atoms with Gasteiger partial charge in [0, 0.05) is 0 Å². The Morgan fingerprint density at radius 1 is 1.11 bits per heavy atom. The Hall–Kier alpha value is 1.95. The van der Waals surface area contributed by atoms with Crippen molar-refractivity contribution in [2.75, 3.05) is 0 Å². The van der Waals surface area contributed by atoms with Crippen molar-refractivity contribution < 1.29 is 0 Å². The van der Waals surface area contributed by atoms with E-state index in [1.165, 1.54) is 0 Å². The van der Waals surface area contributed by atoms with Gasteiger partial charge >= 0.3 is 0 Å². The third-order valence-corrected chi connectivity index (χ3v) is 213. The summed E-state index contributed by atoms with van der Waals surface area (Å²) in [7, 11) is 9.48. The van der Waals surface area contributed by atoms with Crippen LogP contribution >= 0.6 is 0 Å². The molecule has 0 aromatic rings. The lowest BCUT2D eigenvalue weighted by atomic mass is 25.8. The van der Waals surface area contributed by atoms with Gasteiger partial charge < -0.3 is 0 Å². The SMILES string of the molecule is [SiH3][SiH]1[SiH2][SiH2][Si]([SiH3])([SiH3])[SiH2][SiH2]1. The molecular formula is H18Si9. The molecular weight excluding hydrogens is 253 g/mol. The zero-order valence-corrected chi connectivity index (χ0v) is 20.7. The van der Waals surface area contributed by atoms with Crippen molar-refractivity contribution in [3.8, 4) is 0 Å². The minimum Gasteiger partial charge on any atom is -0.0115 e. The number of hydrogen-bond donors (Lipinski definition) is 0. The molecule has 0 saturated carbocycles. The largest absolute Gasteiger partial charge is 0.0115 e. The van der Waals surface area contributed by atoms with Crippen molar-refractivity contribution in [3.63, 3.8) is 0 Å². The van der Waals surface area contributed by atoms with Crippen molar-refractivity contribution in [1.29, 1.82) is 0 Å². The highest BCUT2D eigenvalue weighted by molar-refractivity contribution is 8.03. The summed E-state index contributed by atoms with van der Waals surface area (Å²) in [6.45, 7) is 0. The fourth-order valence-electron chi connectivity index (χ4n) is 1.54. The average Bonchev–Trinajstić information content (AvgIpc) is 1.78. The van der Waals surface area contributed by atoms with Crippen molar-refractivity contribution in [1.82, 2.24) is 0 Å². The van der Waals surface area contributed by atoms with Gasteiger partial charge in [-0.1, -0.05) is 0 Å². The molecule has 0 aliphatic carbocycles. The first kappa shape index (κ1) is 9.04. The molecule has 1 saturated heterocycles. The molecule has 54 valence electrons. The van der Waals surface area contributed by atoms with Gasteiger partial charge in [0.25, 0.3) is 0 Å². The molecule has 0 atom stereocenters. The first-order valence-corrected chi connectivity index (χ1v) is 36.9. The highest BCUT2D eigenvalue weighted by Crippen LogP contribution is 1.90. The molecule has 1 fully saturated rings. The second kappa shape index (κ2) is 3.57. The molecule has 0 aromatic heterocycles. The summed E-state index contributed by atoms with van der Waals surface area (Å²) >= 11 is 0. The van der Waals surface area contributed by atoms with E-state index in [4.69, 9.17) is 0 Å². The second-order valence-electron chi connectivity index (χ2n) is 4.35. The quantitative estimate of drug-likeness (QED) is 0.384. The first-order chi connectivity index (χ1) is 4.10.